The molecule has 1 atom stereocenters. The van der Waals surface area contributed by atoms with Crippen LogP contribution in [0.4, 0.5) is 4.39 Å². The van der Waals surface area contributed by atoms with Crippen molar-refractivity contribution in [1.82, 2.24) is 25.0 Å². The quantitative estimate of drug-likeness (QED) is 0.697. The Morgan fingerprint density at radius 3 is 3.03 bits per heavy atom. The van der Waals surface area contributed by atoms with Gasteiger partial charge in [0.05, 0.1) is 12.2 Å². The molecule has 2 aromatic heterocycles. The summed E-state index contributed by atoms with van der Waals surface area (Å²) in [5.74, 6) is 0.0759. The average Bonchev–Trinajstić information content (AvgIpc) is 3.07. The smallest absolute Gasteiger partial charge is 0.216 e. The molecule has 0 spiro atoms. The predicted molar refractivity (Wildman–Crippen MR) is 110 cm³/mol. The number of amides is 1. The van der Waals surface area contributed by atoms with Crippen LogP contribution >= 0.6 is 0 Å². The molecule has 1 fully saturated rings. The van der Waals surface area contributed by atoms with Gasteiger partial charge in [0, 0.05) is 44.1 Å². The number of carbonyl (C=O) groups is 1. The highest BCUT2D eigenvalue weighted by atomic mass is 19.1. The molecule has 0 radical (unpaired) electrons. The van der Waals surface area contributed by atoms with Crippen molar-refractivity contribution in [1.29, 1.82) is 0 Å². The van der Waals surface area contributed by atoms with Gasteiger partial charge in [0.2, 0.25) is 5.91 Å². The first kappa shape index (κ1) is 19.5. The highest BCUT2D eigenvalue weighted by Gasteiger charge is 2.26. The molecule has 0 aliphatic carbocycles. The van der Waals surface area contributed by atoms with Crippen LogP contribution in [0.3, 0.4) is 0 Å². The van der Waals surface area contributed by atoms with Crippen molar-refractivity contribution < 1.29 is 9.18 Å². The molecule has 29 heavy (non-hydrogen) atoms. The van der Waals surface area contributed by atoms with Crippen molar-refractivity contribution in [2.45, 2.75) is 38.8 Å². The number of hydrogen-bond acceptors (Lipinski definition) is 4. The minimum atomic E-state index is -0.189. The van der Waals surface area contributed by atoms with E-state index < -0.39 is 0 Å². The van der Waals surface area contributed by atoms with Crippen LogP contribution < -0.4 is 5.32 Å². The highest BCUT2D eigenvalue weighted by molar-refractivity contribution is 5.79. The topological polar surface area (TPSA) is 63.1 Å². The lowest BCUT2D eigenvalue weighted by molar-refractivity contribution is -0.118. The molecule has 1 amide bonds. The van der Waals surface area contributed by atoms with Crippen LogP contribution in [0.25, 0.3) is 11.0 Å². The molecule has 3 heterocycles. The van der Waals surface area contributed by atoms with E-state index in [0.29, 0.717) is 19.0 Å². The van der Waals surface area contributed by atoms with Crippen LogP contribution in [-0.4, -0.2) is 45.2 Å². The van der Waals surface area contributed by atoms with Crippen LogP contribution in [0.2, 0.25) is 0 Å². The van der Waals surface area contributed by atoms with Gasteiger partial charge in [0.15, 0.2) is 5.65 Å². The van der Waals surface area contributed by atoms with E-state index in [1.54, 1.807) is 18.3 Å². The maximum atomic E-state index is 13.5. The second-order valence-electron chi connectivity index (χ2n) is 7.67. The third-order valence-electron chi connectivity index (χ3n) is 5.42. The SMILES string of the molecule is CC(=O)NCCn1nc([C@H]2CCCN(Cc3cccc(F)c3)C2)c2cccnc21. The summed E-state index contributed by atoms with van der Waals surface area (Å²) in [5, 5.41) is 8.78. The number of pyridine rings is 1. The number of benzene rings is 1. The number of rotatable bonds is 6. The molecule has 0 bridgehead atoms. The lowest BCUT2D eigenvalue weighted by atomic mass is 9.93. The molecule has 152 valence electrons. The number of nitrogens with zero attached hydrogens (tertiary/aromatic N) is 4. The van der Waals surface area contributed by atoms with E-state index in [9.17, 15) is 9.18 Å². The number of piperidine rings is 1. The zero-order valence-electron chi connectivity index (χ0n) is 16.6. The van der Waals surface area contributed by atoms with E-state index in [2.05, 4.69) is 21.3 Å². The second kappa shape index (κ2) is 8.69. The highest BCUT2D eigenvalue weighted by Crippen LogP contribution is 2.31. The monoisotopic (exact) mass is 395 g/mol. The second-order valence-corrected chi connectivity index (χ2v) is 7.67. The summed E-state index contributed by atoms with van der Waals surface area (Å²) in [7, 11) is 0. The first-order valence-electron chi connectivity index (χ1n) is 10.1. The largest absolute Gasteiger partial charge is 0.354 e. The first-order chi connectivity index (χ1) is 14.1. The number of halogens is 1. The van der Waals surface area contributed by atoms with Gasteiger partial charge in [-0.3, -0.25) is 9.69 Å². The Morgan fingerprint density at radius 2 is 2.21 bits per heavy atom. The van der Waals surface area contributed by atoms with Gasteiger partial charge in [-0.25, -0.2) is 14.1 Å². The fourth-order valence-corrected chi connectivity index (χ4v) is 4.15. The Morgan fingerprint density at radius 1 is 1.31 bits per heavy atom. The van der Waals surface area contributed by atoms with Gasteiger partial charge in [-0.2, -0.15) is 5.10 Å². The molecule has 4 rings (SSSR count). The fourth-order valence-electron chi connectivity index (χ4n) is 4.15. The maximum Gasteiger partial charge on any atom is 0.216 e. The molecule has 1 aliphatic rings. The van der Waals surface area contributed by atoms with Crippen molar-refractivity contribution >= 4 is 16.9 Å². The van der Waals surface area contributed by atoms with Crippen molar-refractivity contribution in [2.24, 2.45) is 0 Å². The first-order valence-corrected chi connectivity index (χ1v) is 10.1. The number of likely N-dealkylation sites (tertiary alicyclic amines) is 1. The number of fused-ring (bicyclic) bond motifs is 1. The van der Waals surface area contributed by atoms with Crippen LogP contribution in [0, 0.1) is 5.82 Å². The molecule has 1 saturated heterocycles. The van der Waals surface area contributed by atoms with Gasteiger partial charge in [-0.1, -0.05) is 12.1 Å². The van der Waals surface area contributed by atoms with Crippen LogP contribution in [0.15, 0.2) is 42.6 Å². The van der Waals surface area contributed by atoms with Crippen LogP contribution in [0.1, 0.15) is 36.9 Å². The van der Waals surface area contributed by atoms with Crippen molar-refractivity contribution in [3.05, 3.63) is 59.7 Å². The Hall–Kier alpha value is -2.80. The van der Waals surface area contributed by atoms with Crippen molar-refractivity contribution in [3.63, 3.8) is 0 Å². The Kier molecular flexibility index (Phi) is 5.85. The third-order valence-corrected chi connectivity index (χ3v) is 5.42. The van der Waals surface area contributed by atoms with E-state index in [4.69, 9.17) is 5.10 Å². The lowest BCUT2D eigenvalue weighted by Crippen LogP contribution is -2.34. The van der Waals surface area contributed by atoms with E-state index >= 15 is 0 Å². The number of carbonyl (C=O) groups excluding carboxylic acids is 1. The lowest BCUT2D eigenvalue weighted by Gasteiger charge is -2.32. The molecule has 0 saturated carbocycles. The molecular formula is C22H26FN5O. The minimum Gasteiger partial charge on any atom is -0.354 e. The Balaban J connectivity index is 1.53. The maximum absolute atomic E-state index is 13.5. The van der Waals surface area contributed by atoms with Gasteiger partial charge in [-0.15, -0.1) is 0 Å². The van der Waals surface area contributed by atoms with Crippen molar-refractivity contribution in [3.8, 4) is 0 Å². The molecule has 1 N–H and O–H groups in total. The molecule has 6 nitrogen and oxygen atoms in total. The molecule has 7 heteroatoms. The van der Waals surface area contributed by atoms with E-state index in [1.807, 2.05) is 16.8 Å². The number of nitrogens with one attached hydrogen (secondary N) is 1. The van der Waals surface area contributed by atoms with Gasteiger partial charge in [0.1, 0.15) is 5.82 Å². The van der Waals surface area contributed by atoms with Gasteiger partial charge in [-0.05, 0) is 49.2 Å². The Bertz CT molecular complexity index is 1000. The summed E-state index contributed by atoms with van der Waals surface area (Å²) in [4.78, 5) is 18.1. The molecular weight excluding hydrogens is 369 g/mol. The fraction of sp³-hybridized carbons (Fsp3) is 0.409. The summed E-state index contributed by atoms with van der Waals surface area (Å²) in [6.45, 7) is 5.27. The number of hydrogen-bond donors (Lipinski definition) is 1. The van der Waals surface area contributed by atoms with Gasteiger partial charge < -0.3 is 5.32 Å². The summed E-state index contributed by atoms with van der Waals surface area (Å²) in [6, 6.07) is 10.9. The minimum absolute atomic E-state index is 0.0464. The average molecular weight is 395 g/mol. The zero-order valence-corrected chi connectivity index (χ0v) is 16.6. The van der Waals surface area contributed by atoms with Crippen LogP contribution in [-0.2, 0) is 17.9 Å². The zero-order chi connectivity index (χ0) is 20.2. The van der Waals surface area contributed by atoms with E-state index in [0.717, 1.165) is 54.8 Å². The Labute approximate surface area is 169 Å². The predicted octanol–water partition coefficient (Wildman–Crippen LogP) is 3.09. The molecule has 0 unspecified atom stereocenters. The number of aromatic nitrogens is 3. The summed E-state index contributed by atoms with van der Waals surface area (Å²) in [5.41, 5.74) is 2.92. The van der Waals surface area contributed by atoms with Gasteiger partial charge in [0.25, 0.3) is 0 Å². The molecule has 1 aliphatic heterocycles. The molecule has 1 aromatic carbocycles. The van der Waals surface area contributed by atoms with E-state index in [-0.39, 0.29) is 11.7 Å². The summed E-state index contributed by atoms with van der Waals surface area (Å²) in [6.07, 6.45) is 3.94. The van der Waals surface area contributed by atoms with Crippen LogP contribution in [0.5, 0.6) is 0 Å². The normalized spacial score (nSPS) is 17.5. The standard InChI is InChI=1S/C22H26FN5O/c1-16(29)24-10-12-28-22-20(8-3-9-25-22)21(26-28)18-6-4-11-27(15-18)14-17-5-2-7-19(23)13-17/h2-3,5,7-9,13,18H,4,6,10-12,14-15H2,1H3,(H,24,29)/t18-/m0/s1. The third kappa shape index (κ3) is 4.62. The molecule has 3 aromatic rings. The summed E-state index contributed by atoms with van der Waals surface area (Å²) < 4.78 is 15.4. The summed E-state index contributed by atoms with van der Waals surface area (Å²) >= 11 is 0. The van der Waals surface area contributed by atoms with E-state index in [1.165, 1.54) is 13.0 Å². The van der Waals surface area contributed by atoms with Crippen molar-refractivity contribution in [2.75, 3.05) is 19.6 Å². The van der Waals surface area contributed by atoms with Gasteiger partial charge >= 0.3 is 0 Å².